The fraction of sp³-hybridized carbons (Fsp3) is 0.733. The highest BCUT2D eigenvalue weighted by atomic mass is 32.2. The maximum atomic E-state index is 12.9. The Labute approximate surface area is 137 Å². The van der Waals surface area contributed by atoms with E-state index in [0.29, 0.717) is 12.2 Å². The molecule has 3 rings (SSSR count). The van der Waals surface area contributed by atoms with E-state index in [1.54, 1.807) is 22.7 Å². The molecule has 2 saturated heterocycles. The van der Waals surface area contributed by atoms with Crippen LogP contribution in [0.2, 0.25) is 0 Å². The number of rotatable bonds is 3. The summed E-state index contributed by atoms with van der Waals surface area (Å²) in [6, 6.07) is 1.44. The number of nitrogens with zero attached hydrogens (tertiary/aromatic N) is 4. The third-order valence-corrected chi connectivity index (χ3v) is 6.48. The topological polar surface area (TPSA) is 75.5 Å². The van der Waals surface area contributed by atoms with Gasteiger partial charge < -0.3 is 4.90 Å². The SMILES string of the molecule is CCCN1CCN(C(=O)c2cc(C)nn2C)[C@H]2CS(=O)(=O)C[C@H]21. The largest absolute Gasteiger partial charge is 0.330 e. The van der Waals surface area contributed by atoms with Gasteiger partial charge in [0.25, 0.3) is 5.91 Å². The maximum absolute atomic E-state index is 12.9. The smallest absolute Gasteiger partial charge is 0.272 e. The van der Waals surface area contributed by atoms with Crippen LogP contribution in [0.5, 0.6) is 0 Å². The van der Waals surface area contributed by atoms with Gasteiger partial charge in [0.05, 0.1) is 23.2 Å². The van der Waals surface area contributed by atoms with Gasteiger partial charge in [-0.25, -0.2) is 8.42 Å². The van der Waals surface area contributed by atoms with Crippen molar-refractivity contribution < 1.29 is 13.2 Å². The van der Waals surface area contributed by atoms with E-state index >= 15 is 0 Å². The molecule has 0 aliphatic carbocycles. The van der Waals surface area contributed by atoms with Crippen LogP contribution in [0.4, 0.5) is 0 Å². The highest BCUT2D eigenvalue weighted by Gasteiger charge is 2.48. The number of hydrogen-bond donors (Lipinski definition) is 0. The van der Waals surface area contributed by atoms with Crippen molar-refractivity contribution in [2.75, 3.05) is 31.1 Å². The van der Waals surface area contributed by atoms with Gasteiger partial charge in [0.2, 0.25) is 0 Å². The first-order chi connectivity index (χ1) is 10.8. The van der Waals surface area contributed by atoms with E-state index in [0.717, 1.165) is 25.2 Å². The molecule has 2 fully saturated rings. The van der Waals surface area contributed by atoms with Crippen LogP contribution in [0.1, 0.15) is 29.5 Å². The first-order valence-electron chi connectivity index (χ1n) is 8.08. The summed E-state index contributed by atoms with van der Waals surface area (Å²) in [5.74, 6) is 0.114. The van der Waals surface area contributed by atoms with Crippen LogP contribution < -0.4 is 0 Å². The van der Waals surface area contributed by atoms with Gasteiger partial charge in [-0.15, -0.1) is 0 Å². The van der Waals surface area contributed by atoms with Crippen molar-refractivity contribution in [3.8, 4) is 0 Å². The Balaban J connectivity index is 1.89. The molecule has 2 atom stereocenters. The van der Waals surface area contributed by atoms with Crippen molar-refractivity contribution in [3.63, 3.8) is 0 Å². The van der Waals surface area contributed by atoms with Crippen molar-refractivity contribution in [2.24, 2.45) is 7.05 Å². The van der Waals surface area contributed by atoms with Crippen LogP contribution in [0.3, 0.4) is 0 Å². The van der Waals surface area contributed by atoms with Gasteiger partial charge in [-0.1, -0.05) is 6.92 Å². The Hall–Kier alpha value is -1.41. The van der Waals surface area contributed by atoms with Crippen molar-refractivity contribution in [1.29, 1.82) is 0 Å². The van der Waals surface area contributed by atoms with Crippen LogP contribution in [0.25, 0.3) is 0 Å². The number of carbonyl (C=O) groups is 1. The highest BCUT2D eigenvalue weighted by molar-refractivity contribution is 7.91. The standard InChI is InChI=1S/C15H24N4O3S/c1-4-5-18-6-7-19(14-10-23(21,22)9-13(14)18)15(20)12-8-11(2)16-17(12)3/h8,13-14H,4-7,9-10H2,1-3H3/t13-,14+/m1/s1. The van der Waals surface area contributed by atoms with Gasteiger partial charge in [0.1, 0.15) is 5.69 Å². The van der Waals surface area contributed by atoms with Crippen molar-refractivity contribution >= 4 is 15.7 Å². The molecule has 0 saturated carbocycles. The Bertz CT molecular complexity index is 712. The molecule has 1 aromatic heterocycles. The molecule has 128 valence electrons. The molecule has 3 heterocycles. The number of carbonyl (C=O) groups excluding carboxylic acids is 1. The lowest BCUT2D eigenvalue weighted by Gasteiger charge is -2.43. The number of fused-ring (bicyclic) bond motifs is 1. The molecule has 0 N–H and O–H groups in total. The highest BCUT2D eigenvalue weighted by Crippen LogP contribution is 2.28. The Morgan fingerprint density at radius 1 is 1.30 bits per heavy atom. The number of aryl methyl sites for hydroxylation is 2. The third kappa shape index (κ3) is 3.01. The molecule has 23 heavy (non-hydrogen) atoms. The maximum Gasteiger partial charge on any atom is 0.272 e. The Kier molecular flexibility index (Phi) is 4.22. The minimum absolute atomic E-state index is 0.0699. The summed E-state index contributed by atoms with van der Waals surface area (Å²) in [5, 5.41) is 4.23. The van der Waals surface area contributed by atoms with E-state index in [2.05, 4.69) is 16.9 Å². The molecule has 7 nitrogen and oxygen atoms in total. The summed E-state index contributed by atoms with van der Waals surface area (Å²) in [6.07, 6.45) is 0.984. The van der Waals surface area contributed by atoms with E-state index in [1.165, 1.54) is 0 Å². The lowest BCUT2D eigenvalue weighted by molar-refractivity contribution is 0.0324. The van der Waals surface area contributed by atoms with Gasteiger partial charge in [0.15, 0.2) is 9.84 Å². The Morgan fingerprint density at radius 3 is 2.61 bits per heavy atom. The first kappa shape index (κ1) is 16.4. The lowest BCUT2D eigenvalue weighted by atomic mass is 10.0. The number of hydrogen-bond acceptors (Lipinski definition) is 5. The van der Waals surface area contributed by atoms with Crippen LogP contribution in [-0.4, -0.2) is 77.1 Å². The van der Waals surface area contributed by atoms with E-state index in [-0.39, 0.29) is 29.5 Å². The summed E-state index contributed by atoms with van der Waals surface area (Å²) in [7, 11) is -1.35. The van der Waals surface area contributed by atoms with Crippen molar-refractivity contribution in [3.05, 3.63) is 17.5 Å². The van der Waals surface area contributed by atoms with Crippen molar-refractivity contribution in [1.82, 2.24) is 19.6 Å². The van der Waals surface area contributed by atoms with Gasteiger partial charge in [-0.2, -0.15) is 5.10 Å². The number of piperazine rings is 1. The molecule has 8 heteroatoms. The number of sulfone groups is 1. The summed E-state index contributed by atoms with van der Waals surface area (Å²) in [6.45, 7) is 6.11. The van der Waals surface area contributed by atoms with Crippen LogP contribution in [0.15, 0.2) is 6.07 Å². The van der Waals surface area contributed by atoms with Crippen LogP contribution in [0, 0.1) is 6.92 Å². The molecular weight excluding hydrogens is 316 g/mol. The zero-order valence-electron chi connectivity index (χ0n) is 13.9. The van der Waals surface area contributed by atoms with E-state index in [1.807, 2.05) is 6.92 Å². The summed E-state index contributed by atoms with van der Waals surface area (Å²) < 4.78 is 25.9. The summed E-state index contributed by atoms with van der Waals surface area (Å²) in [4.78, 5) is 16.9. The minimum Gasteiger partial charge on any atom is -0.330 e. The Morgan fingerprint density at radius 2 is 2.00 bits per heavy atom. The van der Waals surface area contributed by atoms with Crippen molar-refractivity contribution in [2.45, 2.75) is 32.4 Å². The zero-order chi connectivity index (χ0) is 16.8. The molecule has 0 aromatic carbocycles. The molecular formula is C15H24N4O3S. The quantitative estimate of drug-likeness (QED) is 0.778. The normalized spacial score (nSPS) is 27.2. The molecule has 0 radical (unpaired) electrons. The summed E-state index contributed by atoms with van der Waals surface area (Å²) in [5.41, 5.74) is 1.31. The molecule has 1 amide bonds. The van der Waals surface area contributed by atoms with E-state index in [9.17, 15) is 13.2 Å². The van der Waals surface area contributed by atoms with Gasteiger partial charge in [-0.05, 0) is 26.0 Å². The monoisotopic (exact) mass is 340 g/mol. The molecule has 2 aliphatic rings. The third-order valence-electron chi connectivity index (χ3n) is 4.78. The van der Waals surface area contributed by atoms with E-state index < -0.39 is 9.84 Å². The van der Waals surface area contributed by atoms with Gasteiger partial charge in [-0.3, -0.25) is 14.4 Å². The van der Waals surface area contributed by atoms with Crippen LogP contribution in [-0.2, 0) is 16.9 Å². The second kappa shape index (κ2) is 5.90. The average molecular weight is 340 g/mol. The number of amides is 1. The molecule has 2 aliphatic heterocycles. The molecule has 0 spiro atoms. The lowest BCUT2D eigenvalue weighted by Crippen LogP contribution is -2.60. The zero-order valence-corrected chi connectivity index (χ0v) is 14.7. The van der Waals surface area contributed by atoms with Gasteiger partial charge >= 0.3 is 0 Å². The van der Waals surface area contributed by atoms with E-state index in [4.69, 9.17) is 0 Å². The second-order valence-electron chi connectivity index (χ2n) is 6.54. The van der Waals surface area contributed by atoms with Crippen LogP contribution >= 0.6 is 0 Å². The summed E-state index contributed by atoms with van der Waals surface area (Å²) >= 11 is 0. The van der Waals surface area contributed by atoms with Gasteiger partial charge in [0, 0.05) is 26.2 Å². The number of aromatic nitrogens is 2. The fourth-order valence-electron chi connectivity index (χ4n) is 3.80. The predicted molar refractivity (Wildman–Crippen MR) is 87.1 cm³/mol. The molecule has 0 unspecified atom stereocenters. The second-order valence-corrected chi connectivity index (χ2v) is 8.69. The molecule has 1 aromatic rings. The fourth-order valence-corrected chi connectivity index (χ4v) is 5.81. The minimum atomic E-state index is -3.09. The molecule has 0 bridgehead atoms. The first-order valence-corrected chi connectivity index (χ1v) is 9.90. The predicted octanol–water partition coefficient (Wildman–Crippen LogP) is 0.0619. The average Bonchev–Trinajstić information content (AvgIpc) is 2.97.